The lowest BCUT2D eigenvalue weighted by Gasteiger charge is -2.17. The number of benzene rings is 2. The standard InChI is InChI=1S/C23H25ClN2O3/c1-6-15(3)29-22-19(24)11-17(12-21(22)28-5)10-18(13-25)23(27)26-20-9-7-8-14(2)16(20)4/h7-12,15H,6H2,1-5H3,(H,26,27)/b18-10-/t15-/m1/s1. The molecule has 0 heterocycles. The zero-order valence-electron chi connectivity index (χ0n) is 17.3. The summed E-state index contributed by atoms with van der Waals surface area (Å²) in [4.78, 5) is 12.6. The van der Waals surface area contributed by atoms with Crippen LogP contribution in [-0.2, 0) is 4.79 Å². The lowest BCUT2D eigenvalue weighted by molar-refractivity contribution is -0.112. The van der Waals surface area contributed by atoms with Crippen molar-refractivity contribution in [2.75, 3.05) is 12.4 Å². The number of hydrogen-bond acceptors (Lipinski definition) is 4. The van der Waals surface area contributed by atoms with Gasteiger partial charge in [-0.3, -0.25) is 4.79 Å². The van der Waals surface area contributed by atoms with Gasteiger partial charge >= 0.3 is 0 Å². The van der Waals surface area contributed by atoms with Crippen LogP contribution in [0.4, 0.5) is 5.69 Å². The molecule has 0 aliphatic rings. The van der Waals surface area contributed by atoms with E-state index in [2.05, 4.69) is 5.32 Å². The van der Waals surface area contributed by atoms with Crippen LogP contribution >= 0.6 is 11.6 Å². The van der Waals surface area contributed by atoms with E-state index in [-0.39, 0.29) is 11.7 Å². The minimum atomic E-state index is -0.490. The Hall–Kier alpha value is -2.97. The maximum absolute atomic E-state index is 12.6. The molecule has 0 saturated heterocycles. The molecule has 1 amide bonds. The van der Waals surface area contributed by atoms with E-state index in [0.717, 1.165) is 17.5 Å². The Balaban J connectivity index is 2.34. The number of carbonyl (C=O) groups excluding carboxylic acids is 1. The summed E-state index contributed by atoms with van der Waals surface area (Å²) in [5, 5.41) is 12.6. The van der Waals surface area contributed by atoms with Crippen molar-refractivity contribution in [2.45, 2.75) is 40.2 Å². The number of halogens is 1. The molecule has 5 nitrogen and oxygen atoms in total. The van der Waals surface area contributed by atoms with Gasteiger partial charge in [-0.1, -0.05) is 30.7 Å². The number of anilines is 1. The van der Waals surface area contributed by atoms with Crippen molar-refractivity contribution in [3.8, 4) is 17.6 Å². The van der Waals surface area contributed by atoms with E-state index in [1.54, 1.807) is 18.2 Å². The van der Waals surface area contributed by atoms with Gasteiger partial charge in [0.05, 0.1) is 18.2 Å². The predicted octanol–water partition coefficient (Wildman–Crippen LogP) is 5.69. The van der Waals surface area contributed by atoms with Crippen LogP contribution in [0.2, 0.25) is 5.02 Å². The molecule has 0 unspecified atom stereocenters. The first kappa shape index (κ1) is 22.3. The van der Waals surface area contributed by atoms with Crippen LogP contribution in [0.1, 0.15) is 37.0 Å². The summed E-state index contributed by atoms with van der Waals surface area (Å²) in [6, 6.07) is 10.9. The van der Waals surface area contributed by atoms with Gasteiger partial charge in [-0.15, -0.1) is 0 Å². The fraction of sp³-hybridized carbons (Fsp3) is 0.304. The molecule has 2 aromatic rings. The third kappa shape index (κ3) is 5.52. The highest BCUT2D eigenvalue weighted by molar-refractivity contribution is 6.32. The van der Waals surface area contributed by atoms with Crippen molar-refractivity contribution in [3.63, 3.8) is 0 Å². The maximum Gasteiger partial charge on any atom is 0.266 e. The molecule has 29 heavy (non-hydrogen) atoms. The zero-order chi connectivity index (χ0) is 21.6. The largest absolute Gasteiger partial charge is 0.493 e. The van der Waals surface area contributed by atoms with Crippen LogP contribution in [0.5, 0.6) is 11.5 Å². The zero-order valence-corrected chi connectivity index (χ0v) is 18.1. The number of nitriles is 1. The highest BCUT2D eigenvalue weighted by atomic mass is 35.5. The lowest BCUT2D eigenvalue weighted by atomic mass is 10.1. The monoisotopic (exact) mass is 412 g/mol. The minimum Gasteiger partial charge on any atom is -0.493 e. The molecule has 0 bridgehead atoms. The number of hydrogen-bond donors (Lipinski definition) is 1. The van der Waals surface area contributed by atoms with Crippen molar-refractivity contribution < 1.29 is 14.3 Å². The van der Waals surface area contributed by atoms with E-state index in [4.69, 9.17) is 21.1 Å². The third-order valence-electron chi connectivity index (χ3n) is 4.67. The molecule has 0 aliphatic heterocycles. The summed E-state index contributed by atoms with van der Waals surface area (Å²) >= 11 is 6.37. The van der Waals surface area contributed by atoms with Gasteiger partial charge in [-0.2, -0.15) is 5.26 Å². The Morgan fingerprint density at radius 2 is 2.07 bits per heavy atom. The molecular weight excluding hydrogens is 388 g/mol. The third-order valence-corrected chi connectivity index (χ3v) is 4.96. The second-order valence-corrected chi connectivity index (χ2v) is 7.15. The molecule has 0 aliphatic carbocycles. The maximum atomic E-state index is 12.6. The van der Waals surface area contributed by atoms with Gasteiger partial charge in [0.15, 0.2) is 11.5 Å². The van der Waals surface area contributed by atoms with E-state index < -0.39 is 5.91 Å². The van der Waals surface area contributed by atoms with Gasteiger partial charge in [0.2, 0.25) is 0 Å². The highest BCUT2D eigenvalue weighted by Gasteiger charge is 2.16. The van der Waals surface area contributed by atoms with Crippen LogP contribution in [0, 0.1) is 25.2 Å². The van der Waals surface area contributed by atoms with E-state index in [9.17, 15) is 10.1 Å². The average Bonchev–Trinajstić information content (AvgIpc) is 2.70. The molecular formula is C23H25ClN2O3. The fourth-order valence-electron chi connectivity index (χ4n) is 2.61. The Labute approximate surface area is 176 Å². The minimum absolute atomic E-state index is 0.0270. The number of nitrogens with one attached hydrogen (secondary N) is 1. The summed E-state index contributed by atoms with van der Waals surface area (Å²) < 4.78 is 11.2. The van der Waals surface area contributed by atoms with Gasteiger partial charge in [-0.25, -0.2) is 0 Å². The Bertz CT molecular complexity index is 977. The first-order valence-electron chi connectivity index (χ1n) is 9.34. The molecule has 2 rings (SSSR count). The Morgan fingerprint density at radius 3 is 2.69 bits per heavy atom. The summed E-state index contributed by atoms with van der Waals surface area (Å²) in [5.41, 5.74) is 3.20. The van der Waals surface area contributed by atoms with Crippen molar-refractivity contribution >= 4 is 29.3 Å². The van der Waals surface area contributed by atoms with Crippen molar-refractivity contribution in [2.24, 2.45) is 0 Å². The number of aryl methyl sites for hydroxylation is 1. The van der Waals surface area contributed by atoms with Crippen molar-refractivity contribution in [3.05, 3.63) is 57.6 Å². The van der Waals surface area contributed by atoms with Crippen molar-refractivity contribution in [1.82, 2.24) is 0 Å². The summed E-state index contributed by atoms with van der Waals surface area (Å²) in [6.45, 7) is 7.83. The fourth-order valence-corrected chi connectivity index (χ4v) is 2.88. The number of methoxy groups -OCH3 is 1. The van der Waals surface area contributed by atoms with Gasteiger partial charge < -0.3 is 14.8 Å². The molecule has 0 spiro atoms. The molecule has 1 atom stereocenters. The van der Waals surface area contributed by atoms with Gasteiger partial charge in [-0.05, 0) is 68.2 Å². The van der Waals surface area contributed by atoms with E-state index >= 15 is 0 Å². The van der Waals surface area contributed by atoms with Crippen LogP contribution in [0.25, 0.3) is 6.08 Å². The molecule has 1 N–H and O–H groups in total. The average molecular weight is 413 g/mol. The van der Waals surface area contributed by atoms with Gasteiger partial charge in [0, 0.05) is 5.69 Å². The summed E-state index contributed by atoms with van der Waals surface area (Å²) in [7, 11) is 1.51. The molecule has 152 valence electrons. The second-order valence-electron chi connectivity index (χ2n) is 6.74. The lowest BCUT2D eigenvalue weighted by Crippen LogP contribution is -2.14. The predicted molar refractivity (Wildman–Crippen MR) is 117 cm³/mol. The quantitative estimate of drug-likeness (QED) is 0.468. The van der Waals surface area contributed by atoms with Crippen LogP contribution < -0.4 is 14.8 Å². The number of amides is 1. The van der Waals surface area contributed by atoms with Gasteiger partial charge in [0.1, 0.15) is 11.6 Å². The molecule has 0 radical (unpaired) electrons. The van der Waals surface area contributed by atoms with E-state index in [0.29, 0.717) is 27.8 Å². The smallest absolute Gasteiger partial charge is 0.266 e. The van der Waals surface area contributed by atoms with E-state index in [1.807, 2.05) is 45.9 Å². The number of rotatable bonds is 7. The Morgan fingerprint density at radius 1 is 1.34 bits per heavy atom. The number of carbonyl (C=O) groups is 1. The topological polar surface area (TPSA) is 71.3 Å². The molecule has 0 saturated carbocycles. The summed E-state index contributed by atoms with van der Waals surface area (Å²) in [5.74, 6) is 0.395. The van der Waals surface area contributed by atoms with Crippen LogP contribution in [0.3, 0.4) is 0 Å². The first-order valence-corrected chi connectivity index (χ1v) is 9.72. The number of nitrogens with zero attached hydrogens (tertiary/aromatic N) is 1. The van der Waals surface area contributed by atoms with Crippen molar-refractivity contribution in [1.29, 1.82) is 5.26 Å². The molecule has 2 aromatic carbocycles. The molecule has 0 fully saturated rings. The van der Waals surface area contributed by atoms with Crippen LogP contribution in [0.15, 0.2) is 35.9 Å². The number of ether oxygens (including phenoxy) is 2. The molecule has 6 heteroatoms. The van der Waals surface area contributed by atoms with Gasteiger partial charge in [0.25, 0.3) is 5.91 Å². The van der Waals surface area contributed by atoms with E-state index in [1.165, 1.54) is 13.2 Å². The van der Waals surface area contributed by atoms with Crippen LogP contribution in [-0.4, -0.2) is 19.1 Å². The highest BCUT2D eigenvalue weighted by Crippen LogP contribution is 2.38. The Kier molecular flexibility index (Phi) is 7.69. The SMILES string of the molecule is CC[C@@H](C)Oc1c(Cl)cc(/C=C(/C#N)C(=O)Nc2cccc(C)c2C)cc1OC. The molecule has 0 aromatic heterocycles. The summed E-state index contributed by atoms with van der Waals surface area (Å²) in [6.07, 6.45) is 2.26. The second kappa shape index (κ2) is 9.99. The first-order chi connectivity index (χ1) is 13.8. The normalized spacial score (nSPS) is 12.1.